The molecule has 0 amide bonds. The van der Waals surface area contributed by atoms with Crippen LogP contribution in [0.25, 0.3) is 33.2 Å². The van der Waals surface area contributed by atoms with Gasteiger partial charge in [-0.15, -0.1) is 0 Å². The van der Waals surface area contributed by atoms with Gasteiger partial charge in [0.2, 0.25) is 0 Å². The van der Waals surface area contributed by atoms with E-state index in [1.54, 1.807) is 0 Å². The molecular formula is C27H29N3O. The Bertz CT molecular complexity index is 1180. The second kappa shape index (κ2) is 7.93. The minimum atomic E-state index is 0.0287. The zero-order valence-corrected chi connectivity index (χ0v) is 18.5. The Hall–Kier alpha value is -2.98. The first-order valence-corrected chi connectivity index (χ1v) is 11.2. The molecule has 0 spiro atoms. The van der Waals surface area contributed by atoms with Crippen molar-refractivity contribution in [3.63, 3.8) is 0 Å². The van der Waals surface area contributed by atoms with Crippen molar-refractivity contribution < 1.29 is 4.74 Å². The Labute approximate surface area is 183 Å². The maximum absolute atomic E-state index is 5.99. The van der Waals surface area contributed by atoms with E-state index in [-0.39, 0.29) is 11.6 Å². The summed E-state index contributed by atoms with van der Waals surface area (Å²) in [6.07, 6.45) is 9.23. The Morgan fingerprint density at radius 2 is 1.68 bits per heavy atom. The van der Waals surface area contributed by atoms with Crippen LogP contribution in [-0.2, 0) is 10.2 Å². The molecule has 1 saturated heterocycles. The molecule has 2 aromatic heterocycles. The van der Waals surface area contributed by atoms with Crippen LogP contribution < -0.4 is 0 Å². The highest BCUT2D eigenvalue weighted by atomic mass is 16.5. The largest absolute Gasteiger partial charge is 0.357 e. The first kappa shape index (κ1) is 20.0. The fourth-order valence-electron chi connectivity index (χ4n) is 4.41. The van der Waals surface area contributed by atoms with Crippen molar-refractivity contribution in [1.29, 1.82) is 0 Å². The molecule has 1 unspecified atom stereocenters. The molecule has 2 aromatic carbocycles. The molecular weight excluding hydrogens is 382 g/mol. The number of hydrogen-bond acceptors (Lipinski definition) is 3. The standard InChI is InChI=1S/C27H29N3O/c1-27(2,3)21-9-7-19(8-10-21)22-11-12-24-23(26(22)20-13-15-28-16-14-20)18-30(29-24)25-6-4-5-17-31-25/h7-16,18,25H,4-6,17H2,1-3H3. The molecule has 158 valence electrons. The molecule has 4 nitrogen and oxygen atoms in total. The van der Waals surface area contributed by atoms with Crippen LogP contribution in [0.3, 0.4) is 0 Å². The summed E-state index contributed by atoms with van der Waals surface area (Å²) >= 11 is 0. The molecule has 0 saturated carbocycles. The minimum absolute atomic E-state index is 0.0287. The van der Waals surface area contributed by atoms with Crippen molar-refractivity contribution in [2.75, 3.05) is 6.61 Å². The minimum Gasteiger partial charge on any atom is -0.357 e. The van der Waals surface area contributed by atoms with Gasteiger partial charge >= 0.3 is 0 Å². The summed E-state index contributed by atoms with van der Waals surface area (Å²) in [6, 6.07) is 17.5. The normalized spacial score (nSPS) is 17.2. The number of rotatable bonds is 3. The third kappa shape index (κ3) is 3.88. The third-order valence-corrected chi connectivity index (χ3v) is 6.19. The quantitative estimate of drug-likeness (QED) is 0.374. The first-order chi connectivity index (χ1) is 15.0. The number of ether oxygens (including phenoxy) is 1. The molecule has 1 aliphatic rings. The van der Waals surface area contributed by atoms with E-state index in [4.69, 9.17) is 9.84 Å². The fourth-order valence-corrected chi connectivity index (χ4v) is 4.41. The van der Waals surface area contributed by atoms with Gasteiger partial charge in [-0.05, 0) is 65.1 Å². The van der Waals surface area contributed by atoms with Gasteiger partial charge in [0.05, 0.1) is 5.52 Å². The van der Waals surface area contributed by atoms with Crippen LogP contribution in [0.4, 0.5) is 0 Å². The van der Waals surface area contributed by atoms with E-state index in [1.165, 1.54) is 28.7 Å². The molecule has 0 radical (unpaired) electrons. The second-order valence-electron chi connectivity index (χ2n) is 9.41. The van der Waals surface area contributed by atoms with Crippen LogP contribution in [0.2, 0.25) is 0 Å². The lowest BCUT2D eigenvalue weighted by Crippen LogP contribution is -2.18. The summed E-state index contributed by atoms with van der Waals surface area (Å²) in [5, 5.41) is 6.03. The van der Waals surface area contributed by atoms with Gasteiger partial charge in [-0.25, -0.2) is 4.68 Å². The Morgan fingerprint density at radius 1 is 0.903 bits per heavy atom. The summed E-state index contributed by atoms with van der Waals surface area (Å²) < 4.78 is 8.00. The van der Waals surface area contributed by atoms with Gasteiger partial charge in [0.25, 0.3) is 0 Å². The molecule has 0 N–H and O–H groups in total. The van der Waals surface area contributed by atoms with Crippen LogP contribution in [-0.4, -0.2) is 21.4 Å². The van der Waals surface area contributed by atoms with Gasteiger partial charge in [-0.2, -0.15) is 5.10 Å². The van der Waals surface area contributed by atoms with Crippen LogP contribution in [0.5, 0.6) is 0 Å². The van der Waals surface area contributed by atoms with Gasteiger partial charge in [-0.1, -0.05) is 51.1 Å². The molecule has 1 fully saturated rings. The van der Waals surface area contributed by atoms with Crippen molar-refractivity contribution in [2.24, 2.45) is 0 Å². The lowest BCUT2D eigenvalue weighted by atomic mass is 9.85. The summed E-state index contributed by atoms with van der Waals surface area (Å²) in [4.78, 5) is 4.23. The lowest BCUT2D eigenvalue weighted by molar-refractivity contribution is -0.0390. The molecule has 5 rings (SSSR count). The van der Waals surface area contributed by atoms with Crippen molar-refractivity contribution in [3.05, 3.63) is 72.7 Å². The van der Waals surface area contributed by atoms with Gasteiger partial charge in [-0.3, -0.25) is 4.98 Å². The molecule has 1 atom stereocenters. The van der Waals surface area contributed by atoms with E-state index in [2.05, 4.69) is 80.5 Å². The highest BCUT2D eigenvalue weighted by Gasteiger charge is 2.20. The van der Waals surface area contributed by atoms with E-state index in [0.29, 0.717) is 0 Å². The van der Waals surface area contributed by atoms with E-state index in [0.717, 1.165) is 35.9 Å². The molecule has 0 aliphatic carbocycles. The monoisotopic (exact) mass is 411 g/mol. The number of aromatic nitrogens is 3. The molecule has 0 bridgehead atoms. The van der Waals surface area contributed by atoms with Crippen molar-refractivity contribution in [3.8, 4) is 22.3 Å². The number of fused-ring (bicyclic) bond motifs is 1. The van der Waals surface area contributed by atoms with Crippen LogP contribution in [0.15, 0.2) is 67.1 Å². The topological polar surface area (TPSA) is 39.9 Å². The van der Waals surface area contributed by atoms with E-state index in [9.17, 15) is 0 Å². The Balaban J connectivity index is 1.67. The lowest BCUT2D eigenvalue weighted by Gasteiger charge is -2.22. The van der Waals surface area contributed by atoms with Crippen molar-refractivity contribution in [1.82, 2.24) is 14.8 Å². The average molecular weight is 412 g/mol. The second-order valence-corrected chi connectivity index (χ2v) is 9.41. The Kier molecular flexibility index (Phi) is 5.11. The van der Waals surface area contributed by atoms with Crippen molar-refractivity contribution >= 4 is 10.9 Å². The first-order valence-electron chi connectivity index (χ1n) is 11.2. The smallest absolute Gasteiger partial charge is 0.150 e. The Morgan fingerprint density at radius 3 is 2.35 bits per heavy atom. The van der Waals surface area contributed by atoms with Gasteiger partial charge < -0.3 is 4.74 Å². The number of pyridine rings is 1. The highest BCUT2D eigenvalue weighted by molar-refractivity contribution is 6.02. The number of hydrogen-bond donors (Lipinski definition) is 0. The van der Waals surface area contributed by atoms with Gasteiger partial charge in [0.15, 0.2) is 0 Å². The molecule has 4 aromatic rings. The molecule has 1 aliphatic heterocycles. The van der Waals surface area contributed by atoms with Crippen LogP contribution in [0, 0.1) is 0 Å². The summed E-state index contributed by atoms with van der Waals surface area (Å²) in [7, 11) is 0. The predicted octanol–water partition coefficient (Wildman–Crippen LogP) is 6.76. The van der Waals surface area contributed by atoms with E-state index >= 15 is 0 Å². The van der Waals surface area contributed by atoms with Crippen LogP contribution in [0.1, 0.15) is 51.8 Å². The maximum Gasteiger partial charge on any atom is 0.150 e. The van der Waals surface area contributed by atoms with Crippen molar-refractivity contribution in [2.45, 2.75) is 51.7 Å². The zero-order chi connectivity index (χ0) is 21.4. The SMILES string of the molecule is CC(C)(C)c1ccc(-c2ccc3nn(C4CCCCO4)cc3c2-c2ccncc2)cc1. The van der Waals surface area contributed by atoms with E-state index in [1.807, 2.05) is 17.1 Å². The number of benzene rings is 2. The van der Waals surface area contributed by atoms with Gasteiger partial charge in [0.1, 0.15) is 6.23 Å². The fraction of sp³-hybridized carbons (Fsp3) is 0.333. The highest BCUT2D eigenvalue weighted by Crippen LogP contribution is 2.39. The summed E-state index contributed by atoms with van der Waals surface area (Å²) in [6.45, 7) is 7.55. The zero-order valence-electron chi connectivity index (χ0n) is 18.5. The van der Waals surface area contributed by atoms with E-state index < -0.39 is 0 Å². The number of nitrogens with zero attached hydrogens (tertiary/aromatic N) is 3. The average Bonchev–Trinajstić information content (AvgIpc) is 3.23. The molecule has 4 heteroatoms. The molecule has 31 heavy (non-hydrogen) atoms. The predicted molar refractivity (Wildman–Crippen MR) is 126 cm³/mol. The summed E-state index contributed by atoms with van der Waals surface area (Å²) in [5.74, 6) is 0. The molecule has 3 heterocycles. The van der Waals surface area contributed by atoms with Crippen LogP contribution >= 0.6 is 0 Å². The summed E-state index contributed by atoms with van der Waals surface area (Å²) in [5.41, 5.74) is 7.25. The third-order valence-electron chi connectivity index (χ3n) is 6.19. The maximum atomic E-state index is 5.99. The van der Waals surface area contributed by atoms with Gasteiger partial charge in [0, 0.05) is 36.1 Å².